The molecule has 0 heterocycles. The number of nitrogens with one attached hydrogen (secondary N) is 1. The summed E-state index contributed by atoms with van der Waals surface area (Å²) in [5.41, 5.74) is 3.20. The molecule has 0 aliphatic carbocycles. The highest BCUT2D eigenvalue weighted by atomic mass is 35.5. The van der Waals surface area contributed by atoms with E-state index in [0.29, 0.717) is 18.5 Å². The van der Waals surface area contributed by atoms with Crippen molar-refractivity contribution in [1.82, 2.24) is 14.7 Å². The highest BCUT2D eigenvalue weighted by Gasteiger charge is 2.26. The van der Waals surface area contributed by atoms with Crippen LogP contribution in [0.2, 0.25) is 0 Å². The number of nitrogens with zero attached hydrogens (tertiary/aromatic N) is 3. The summed E-state index contributed by atoms with van der Waals surface area (Å²) < 4.78 is 0. The predicted octanol–water partition coefficient (Wildman–Crippen LogP) is 6.23. The van der Waals surface area contributed by atoms with Crippen LogP contribution in [0.25, 0.3) is 0 Å². The van der Waals surface area contributed by atoms with Crippen LogP contribution in [-0.2, 0) is 4.79 Å². The van der Waals surface area contributed by atoms with E-state index in [9.17, 15) is 4.79 Å². The number of carbonyl (C=O) groups is 1. The SMILES string of the molecule is CCCCN(CCCC)CC(CN(CC)CC)N(CC(=O)Nc1c(C)cccc1C)CC(C)C.Cl. The summed E-state index contributed by atoms with van der Waals surface area (Å²) >= 11 is 0. The molecule has 0 radical (unpaired) electrons. The van der Waals surface area contributed by atoms with Crippen molar-refractivity contribution in [3.63, 3.8) is 0 Å². The molecule has 1 aromatic carbocycles. The Morgan fingerprint density at radius 1 is 0.857 bits per heavy atom. The van der Waals surface area contributed by atoms with Crippen molar-refractivity contribution < 1.29 is 4.79 Å². The first-order valence-electron chi connectivity index (χ1n) is 13.8. The van der Waals surface area contributed by atoms with E-state index in [1.54, 1.807) is 0 Å². The molecule has 1 aromatic rings. The monoisotopic (exact) mass is 510 g/mol. The molecular formula is C29H55ClN4O. The maximum absolute atomic E-state index is 13.3. The largest absolute Gasteiger partial charge is 0.324 e. The third-order valence-electron chi connectivity index (χ3n) is 6.70. The average molecular weight is 511 g/mol. The third kappa shape index (κ3) is 13.1. The second-order valence-electron chi connectivity index (χ2n) is 10.3. The number of amides is 1. The summed E-state index contributed by atoms with van der Waals surface area (Å²) in [6, 6.07) is 6.51. The molecule has 35 heavy (non-hydrogen) atoms. The minimum atomic E-state index is 0. The zero-order valence-corrected chi connectivity index (χ0v) is 24.8. The lowest BCUT2D eigenvalue weighted by molar-refractivity contribution is -0.118. The van der Waals surface area contributed by atoms with Crippen LogP contribution in [0.1, 0.15) is 78.4 Å². The lowest BCUT2D eigenvalue weighted by atomic mass is 10.1. The molecule has 5 nitrogen and oxygen atoms in total. The van der Waals surface area contributed by atoms with Crippen molar-refractivity contribution in [2.75, 3.05) is 57.7 Å². The Bertz CT molecular complexity index is 665. The number of aryl methyl sites for hydroxylation is 2. The van der Waals surface area contributed by atoms with E-state index in [4.69, 9.17) is 0 Å². The average Bonchev–Trinajstić information content (AvgIpc) is 2.79. The fourth-order valence-corrected chi connectivity index (χ4v) is 4.61. The van der Waals surface area contributed by atoms with Gasteiger partial charge >= 0.3 is 0 Å². The maximum Gasteiger partial charge on any atom is 0.238 e. The van der Waals surface area contributed by atoms with Gasteiger partial charge in [-0.3, -0.25) is 9.69 Å². The van der Waals surface area contributed by atoms with Gasteiger partial charge in [-0.25, -0.2) is 0 Å². The highest BCUT2D eigenvalue weighted by Crippen LogP contribution is 2.20. The first-order valence-corrected chi connectivity index (χ1v) is 13.8. The summed E-state index contributed by atoms with van der Waals surface area (Å²) in [6.07, 6.45) is 4.91. The molecule has 6 heteroatoms. The quantitative estimate of drug-likeness (QED) is 0.254. The maximum atomic E-state index is 13.3. The molecule has 0 aromatic heterocycles. The first-order chi connectivity index (χ1) is 16.2. The van der Waals surface area contributed by atoms with Gasteiger partial charge < -0.3 is 15.1 Å². The van der Waals surface area contributed by atoms with E-state index in [-0.39, 0.29) is 18.3 Å². The van der Waals surface area contributed by atoms with Crippen molar-refractivity contribution in [3.05, 3.63) is 29.3 Å². The third-order valence-corrected chi connectivity index (χ3v) is 6.70. The Morgan fingerprint density at radius 3 is 1.83 bits per heavy atom. The van der Waals surface area contributed by atoms with Crippen LogP contribution in [-0.4, -0.2) is 79.0 Å². The predicted molar refractivity (Wildman–Crippen MR) is 156 cm³/mol. The topological polar surface area (TPSA) is 38.8 Å². The van der Waals surface area contributed by atoms with Gasteiger partial charge in [0, 0.05) is 31.4 Å². The minimum Gasteiger partial charge on any atom is -0.324 e. The molecule has 0 bridgehead atoms. The van der Waals surface area contributed by atoms with Gasteiger partial charge in [0.15, 0.2) is 0 Å². The van der Waals surface area contributed by atoms with Gasteiger partial charge in [0.2, 0.25) is 5.91 Å². The number of likely N-dealkylation sites (N-methyl/N-ethyl adjacent to an activating group) is 1. The molecule has 0 aliphatic heterocycles. The Morgan fingerprint density at radius 2 is 1.37 bits per heavy atom. The van der Waals surface area contributed by atoms with Gasteiger partial charge in [-0.2, -0.15) is 0 Å². The molecule has 1 N–H and O–H groups in total. The van der Waals surface area contributed by atoms with E-state index in [1.807, 2.05) is 6.07 Å². The van der Waals surface area contributed by atoms with Gasteiger partial charge in [-0.1, -0.05) is 72.6 Å². The zero-order chi connectivity index (χ0) is 25.5. The fraction of sp³-hybridized carbons (Fsp3) is 0.759. The molecule has 1 atom stereocenters. The van der Waals surface area contributed by atoms with Crippen LogP contribution in [0.4, 0.5) is 5.69 Å². The van der Waals surface area contributed by atoms with Crippen molar-refractivity contribution in [1.29, 1.82) is 0 Å². The van der Waals surface area contributed by atoms with Crippen molar-refractivity contribution in [3.8, 4) is 0 Å². The molecule has 1 rings (SSSR count). The molecule has 0 saturated carbocycles. The first kappa shape index (κ1) is 33.9. The van der Waals surface area contributed by atoms with Gasteiger partial charge in [-0.05, 0) is 69.9 Å². The van der Waals surface area contributed by atoms with Crippen LogP contribution >= 0.6 is 12.4 Å². The summed E-state index contributed by atoms with van der Waals surface area (Å²) in [5.74, 6) is 0.600. The minimum absolute atomic E-state index is 0. The Labute approximate surface area is 223 Å². The number of benzene rings is 1. The number of hydrogen-bond donors (Lipinski definition) is 1. The van der Waals surface area contributed by atoms with E-state index >= 15 is 0 Å². The standard InChI is InChI=1S/C29H54N4O.ClH/c1-9-13-18-32(19-14-10-2)22-27(21-31(11-3)12-4)33(20-24(5)6)23-28(34)30-29-25(7)16-15-17-26(29)8;/h15-17,24,27H,9-14,18-23H2,1-8H3,(H,30,34);1H. The lowest BCUT2D eigenvalue weighted by Gasteiger charge is -2.38. The molecule has 1 unspecified atom stereocenters. The number of hydrogen-bond acceptors (Lipinski definition) is 4. The molecule has 204 valence electrons. The zero-order valence-electron chi connectivity index (χ0n) is 24.0. The van der Waals surface area contributed by atoms with Gasteiger partial charge in [-0.15, -0.1) is 12.4 Å². The molecule has 0 saturated heterocycles. The van der Waals surface area contributed by atoms with E-state index in [1.165, 1.54) is 25.7 Å². The second kappa shape index (κ2) is 19.0. The van der Waals surface area contributed by atoms with E-state index in [0.717, 1.165) is 62.6 Å². The normalized spacial score (nSPS) is 12.5. The van der Waals surface area contributed by atoms with Gasteiger partial charge in [0.1, 0.15) is 0 Å². The smallest absolute Gasteiger partial charge is 0.238 e. The number of carbonyl (C=O) groups excluding carboxylic acids is 1. The number of unbranched alkanes of at least 4 members (excludes halogenated alkanes) is 2. The molecular weight excluding hydrogens is 456 g/mol. The van der Waals surface area contributed by atoms with Crippen LogP contribution in [0.3, 0.4) is 0 Å². The summed E-state index contributed by atoms with van der Waals surface area (Å²) in [5, 5.41) is 3.23. The fourth-order valence-electron chi connectivity index (χ4n) is 4.61. The molecule has 0 aliphatic rings. The number of rotatable bonds is 18. The summed E-state index contributed by atoms with van der Waals surface area (Å²) in [7, 11) is 0. The molecule has 1 amide bonds. The number of anilines is 1. The van der Waals surface area contributed by atoms with Crippen LogP contribution in [0.5, 0.6) is 0 Å². The van der Waals surface area contributed by atoms with Crippen LogP contribution in [0.15, 0.2) is 18.2 Å². The molecule has 0 spiro atoms. The van der Waals surface area contributed by atoms with Crippen LogP contribution in [0, 0.1) is 19.8 Å². The second-order valence-corrected chi connectivity index (χ2v) is 10.3. The highest BCUT2D eigenvalue weighted by molar-refractivity contribution is 5.93. The van der Waals surface area contributed by atoms with E-state index < -0.39 is 0 Å². The number of halogens is 1. The summed E-state index contributed by atoms with van der Waals surface area (Å²) in [6.45, 7) is 25.5. The van der Waals surface area contributed by atoms with Crippen molar-refractivity contribution in [2.24, 2.45) is 5.92 Å². The van der Waals surface area contributed by atoms with Gasteiger partial charge in [0.25, 0.3) is 0 Å². The Kier molecular flexibility index (Phi) is 18.4. The van der Waals surface area contributed by atoms with Gasteiger partial charge in [0.05, 0.1) is 6.54 Å². The lowest BCUT2D eigenvalue weighted by Crippen LogP contribution is -2.53. The Balaban J connectivity index is 0.0000116. The summed E-state index contributed by atoms with van der Waals surface area (Å²) in [4.78, 5) is 20.9. The Hall–Kier alpha value is -1.14. The van der Waals surface area contributed by atoms with Crippen LogP contribution < -0.4 is 5.32 Å². The molecule has 0 fully saturated rings. The van der Waals surface area contributed by atoms with Crippen molar-refractivity contribution >= 4 is 24.0 Å². The number of para-hydroxylation sites is 1. The van der Waals surface area contributed by atoms with Crippen molar-refractivity contribution in [2.45, 2.75) is 87.1 Å². The van der Waals surface area contributed by atoms with E-state index in [2.05, 4.69) is 87.5 Å².